The van der Waals surface area contributed by atoms with Crippen molar-refractivity contribution in [1.82, 2.24) is 5.32 Å². The van der Waals surface area contributed by atoms with Gasteiger partial charge in [0, 0.05) is 30.5 Å². The largest absolute Gasteiger partial charge is 0.462 e. The molecule has 6 heteroatoms. The number of amides is 1. The zero-order valence-electron chi connectivity index (χ0n) is 9.48. The monoisotopic (exact) mass is 260 g/mol. The van der Waals surface area contributed by atoms with E-state index in [1.807, 2.05) is 0 Å². The first-order valence-corrected chi connectivity index (χ1v) is 5.58. The molecule has 2 saturated heterocycles. The fourth-order valence-electron chi connectivity index (χ4n) is 2.12. The van der Waals surface area contributed by atoms with Crippen LogP contribution in [-0.4, -0.2) is 31.1 Å². The minimum atomic E-state index is -0.272. The standard InChI is InChI=1S/C11H16N2O3.ClH/c12-9(5-7-1-3-13-10(7)14)6-8-2-4-16-11(8)15;/h6-7,9H,1-5,12H2,(H,13,14);1H/b8-6-;/t7-,9-;/m0./s1. The number of carbonyl (C=O) groups excluding carboxylic acids is 2. The number of halogens is 1. The van der Waals surface area contributed by atoms with Crippen molar-refractivity contribution in [3.05, 3.63) is 11.6 Å². The number of cyclic esters (lactones) is 1. The molecule has 0 bridgehead atoms. The first kappa shape index (κ1) is 14.0. The second kappa shape index (κ2) is 6.02. The lowest BCUT2D eigenvalue weighted by Gasteiger charge is -2.11. The molecule has 2 fully saturated rings. The summed E-state index contributed by atoms with van der Waals surface area (Å²) in [6.07, 6.45) is 3.80. The molecular weight excluding hydrogens is 244 g/mol. The first-order chi connectivity index (χ1) is 7.66. The van der Waals surface area contributed by atoms with Crippen LogP contribution >= 0.6 is 12.4 Å². The third-order valence-corrected chi connectivity index (χ3v) is 3.00. The van der Waals surface area contributed by atoms with E-state index in [1.165, 1.54) is 0 Å². The summed E-state index contributed by atoms with van der Waals surface area (Å²) in [7, 11) is 0. The normalized spacial score (nSPS) is 27.6. The van der Waals surface area contributed by atoms with Gasteiger partial charge in [-0.2, -0.15) is 0 Å². The van der Waals surface area contributed by atoms with E-state index in [0.29, 0.717) is 25.0 Å². The molecule has 2 aliphatic heterocycles. The van der Waals surface area contributed by atoms with E-state index >= 15 is 0 Å². The lowest BCUT2D eigenvalue weighted by atomic mass is 9.97. The third kappa shape index (κ3) is 3.44. The van der Waals surface area contributed by atoms with Crippen molar-refractivity contribution in [1.29, 1.82) is 0 Å². The van der Waals surface area contributed by atoms with E-state index in [9.17, 15) is 9.59 Å². The number of rotatable bonds is 3. The average molecular weight is 261 g/mol. The summed E-state index contributed by atoms with van der Waals surface area (Å²) in [5.41, 5.74) is 6.54. The van der Waals surface area contributed by atoms with Gasteiger partial charge in [0.25, 0.3) is 0 Å². The molecule has 3 N–H and O–H groups in total. The van der Waals surface area contributed by atoms with Crippen LogP contribution in [0.15, 0.2) is 11.6 Å². The Balaban J connectivity index is 0.00000144. The van der Waals surface area contributed by atoms with Gasteiger partial charge in [-0.25, -0.2) is 4.79 Å². The van der Waals surface area contributed by atoms with Crippen LogP contribution in [0.4, 0.5) is 0 Å². The van der Waals surface area contributed by atoms with Gasteiger partial charge in [0.2, 0.25) is 5.91 Å². The van der Waals surface area contributed by atoms with Crippen LogP contribution in [0, 0.1) is 5.92 Å². The van der Waals surface area contributed by atoms with Crippen LogP contribution in [0.3, 0.4) is 0 Å². The fraction of sp³-hybridized carbons (Fsp3) is 0.636. The maximum Gasteiger partial charge on any atom is 0.333 e. The van der Waals surface area contributed by atoms with E-state index in [4.69, 9.17) is 10.5 Å². The molecule has 2 rings (SSSR count). The number of nitrogens with one attached hydrogen (secondary N) is 1. The van der Waals surface area contributed by atoms with E-state index in [0.717, 1.165) is 13.0 Å². The second-order valence-corrected chi connectivity index (χ2v) is 4.25. The predicted octanol–water partition coefficient (Wildman–Crippen LogP) is 0.135. The van der Waals surface area contributed by atoms with Gasteiger partial charge in [-0.3, -0.25) is 4.79 Å². The van der Waals surface area contributed by atoms with Gasteiger partial charge >= 0.3 is 5.97 Å². The van der Waals surface area contributed by atoms with Crippen LogP contribution in [0.5, 0.6) is 0 Å². The zero-order chi connectivity index (χ0) is 11.5. The molecule has 2 aliphatic rings. The summed E-state index contributed by atoms with van der Waals surface area (Å²) in [5, 5.41) is 2.77. The molecule has 17 heavy (non-hydrogen) atoms. The maximum absolute atomic E-state index is 11.3. The Morgan fingerprint density at radius 1 is 1.53 bits per heavy atom. The van der Waals surface area contributed by atoms with Crippen molar-refractivity contribution in [3.8, 4) is 0 Å². The minimum Gasteiger partial charge on any atom is -0.462 e. The van der Waals surface area contributed by atoms with E-state index in [1.54, 1.807) is 6.08 Å². The number of hydrogen-bond donors (Lipinski definition) is 2. The average Bonchev–Trinajstić information content (AvgIpc) is 2.79. The van der Waals surface area contributed by atoms with Crippen LogP contribution in [0.25, 0.3) is 0 Å². The predicted molar refractivity (Wildman–Crippen MR) is 64.6 cm³/mol. The molecule has 0 aromatic heterocycles. The lowest BCUT2D eigenvalue weighted by Crippen LogP contribution is -2.27. The minimum absolute atomic E-state index is 0. The molecule has 5 nitrogen and oxygen atoms in total. The van der Waals surface area contributed by atoms with Crippen LogP contribution < -0.4 is 11.1 Å². The van der Waals surface area contributed by atoms with Crippen molar-refractivity contribution < 1.29 is 14.3 Å². The Hall–Kier alpha value is -1.07. The molecule has 1 amide bonds. The summed E-state index contributed by atoms with van der Waals surface area (Å²) in [6, 6.07) is -0.241. The number of ether oxygens (including phenoxy) is 1. The number of nitrogens with two attached hydrogens (primary N) is 1. The molecule has 0 aromatic carbocycles. The zero-order valence-corrected chi connectivity index (χ0v) is 10.3. The summed E-state index contributed by atoms with van der Waals surface area (Å²) >= 11 is 0. The molecular formula is C11H17ClN2O3. The number of esters is 1. The Morgan fingerprint density at radius 2 is 2.29 bits per heavy atom. The smallest absolute Gasteiger partial charge is 0.333 e. The van der Waals surface area contributed by atoms with Gasteiger partial charge in [0.05, 0.1) is 6.61 Å². The molecule has 2 atom stereocenters. The van der Waals surface area contributed by atoms with Crippen molar-refractivity contribution >= 4 is 24.3 Å². The highest BCUT2D eigenvalue weighted by molar-refractivity contribution is 5.90. The van der Waals surface area contributed by atoms with Gasteiger partial charge in [-0.1, -0.05) is 6.08 Å². The molecule has 0 aliphatic carbocycles. The highest BCUT2D eigenvalue weighted by Crippen LogP contribution is 2.19. The summed E-state index contributed by atoms with van der Waals surface area (Å²) in [6.45, 7) is 1.18. The number of hydrogen-bond acceptors (Lipinski definition) is 4. The number of carbonyl (C=O) groups is 2. The van der Waals surface area contributed by atoms with Crippen molar-refractivity contribution in [3.63, 3.8) is 0 Å². The Bertz CT molecular complexity index is 344. The van der Waals surface area contributed by atoms with E-state index < -0.39 is 0 Å². The van der Waals surface area contributed by atoms with E-state index in [2.05, 4.69) is 5.32 Å². The van der Waals surface area contributed by atoms with Gasteiger partial charge in [-0.15, -0.1) is 12.4 Å². The van der Waals surface area contributed by atoms with Crippen LogP contribution in [0.1, 0.15) is 19.3 Å². The highest BCUT2D eigenvalue weighted by atomic mass is 35.5. The highest BCUT2D eigenvalue weighted by Gasteiger charge is 2.26. The second-order valence-electron chi connectivity index (χ2n) is 4.25. The van der Waals surface area contributed by atoms with Gasteiger partial charge in [0.1, 0.15) is 0 Å². The topological polar surface area (TPSA) is 81.4 Å². The van der Waals surface area contributed by atoms with Crippen LogP contribution in [0.2, 0.25) is 0 Å². The molecule has 0 unspecified atom stereocenters. The molecule has 0 radical (unpaired) electrons. The first-order valence-electron chi connectivity index (χ1n) is 5.58. The Morgan fingerprint density at radius 3 is 2.82 bits per heavy atom. The summed E-state index contributed by atoms with van der Waals surface area (Å²) in [5.74, 6) is -0.210. The summed E-state index contributed by atoms with van der Waals surface area (Å²) < 4.78 is 4.82. The quantitative estimate of drug-likeness (QED) is 0.559. The maximum atomic E-state index is 11.3. The Kier molecular flexibility index (Phi) is 4.96. The SMILES string of the molecule is Cl.N[C@H](/C=C1/CCOC1=O)C[C@@H]1CCNC1=O. The Labute approximate surface area is 106 Å². The van der Waals surface area contributed by atoms with E-state index in [-0.39, 0.29) is 36.2 Å². The van der Waals surface area contributed by atoms with Gasteiger partial charge in [0.15, 0.2) is 0 Å². The van der Waals surface area contributed by atoms with Gasteiger partial charge < -0.3 is 15.8 Å². The third-order valence-electron chi connectivity index (χ3n) is 3.00. The summed E-state index contributed by atoms with van der Waals surface area (Å²) in [4.78, 5) is 22.5. The molecule has 2 heterocycles. The molecule has 0 spiro atoms. The lowest BCUT2D eigenvalue weighted by molar-refractivity contribution is -0.135. The molecule has 0 aromatic rings. The van der Waals surface area contributed by atoms with Crippen molar-refractivity contribution in [2.24, 2.45) is 11.7 Å². The van der Waals surface area contributed by atoms with Gasteiger partial charge in [-0.05, 0) is 12.8 Å². The van der Waals surface area contributed by atoms with Crippen LogP contribution in [-0.2, 0) is 14.3 Å². The van der Waals surface area contributed by atoms with Crippen molar-refractivity contribution in [2.45, 2.75) is 25.3 Å². The molecule has 96 valence electrons. The molecule has 0 saturated carbocycles. The van der Waals surface area contributed by atoms with Crippen molar-refractivity contribution in [2.75, 3.05) is 13.2 Å². The fourth-order valence-corrected chi connectivity index (χ4v) is 2.12.